The van der Waals surface area contributed by atoms with Crippen molar-refractivity contribution in [1.82, 2.24) is 19.5 Å². The van der Waals surface area contributed by atoms with Gasteiger partial charge in [-0.2, -0.15) is 0 Å². The first-order chi connectivity index (χ1) is 10.8. The molecule has 12 nitrogen and oxygen atoms in total. The van der Waals surface area contributed by atoms with Gasteiger partial charge in [0.15, 0.2) is 17.7 Å². The van der Waals surface area contributed by atoms with Gasteiger partial charge in [-0.05, 0) is 0 Å². The van der Waals surface area contributed by atoms with Gasteiger partial charge in [-0.3, -0.25) is 9.09 Å². The summed E-state index contributed by atoms with van der Waals surface area (Å²) in [5, 5.41) is 20.1. The van der Waals surface area contributed by atoms with Crippen LogP contribution in [0.15, 0.2) is 12.7 Å². The number of fused-ring (bicyclic) bond motifs is 1. The molecule has 0 unspecified atom stereocenters. The van der Waals surface area contributed by atoms with E-state index in [1.54, 1.807) is 0 Å². The number of hydrogen-bond donors (Lipinski definition) is 5. The normalized spacial score (nSPS) is 26.2. The summed E-state index contributed by atoms with van der Waals surface area (Å²) in [7, 11) is -4.72. The van der Waals surface area contributed by atoms with E-state index >= 15 is 0 Å². The SMILES string of the molecule is Nc1ncnc2c1ncn2[C@@H]1O[C@H](COP(=O)(O)O)[C@@H](O)[C@H]1O.[Li].[Li]. The minimum atomic E-state index is -4.72. The van der Waals surface area contributed by atoms with Crippen LogP contribution in [0.4, 0.5) is 5.82 Å². The average molecular weight is 361 g/mol. The second kappa shape index (κ2) is 8.48. The van der Waals surface area contributed by atoms with E-state index in [4.69, 9.17) is 20.3 Å². The van der Waals surface area contributed by atoms with Crippen LogP contribution in [-0.2, 0) is 13.8 Å². The zero-order valence-electron chi connectivity index (χ0n) is 13.5. The summed E-state index contributed by atoms with van der Waals surface area (Å²) in [6.45, 7) is -0.594. The molecule has 6 N–H and O–H groups in total. The van der Waals surface area contributed by atoms with Crippen molar-refractivity contribution in [2.45, 2.75) is 24.5 Å². The number of nitrogens with two attached hydrogens (primary N) is 1. The molecule has 0 saturated carbocycles. The fraction of sp³-hybridized carbons (Fsp3) is 0.500. The van der Waals surface area contributed by atoms with Gasteiger partial charge >= 0.3 is 7.82 Å². The average Bonchev–Trinajstić information content (AvgIpc) is 3.01. The first-order valence-corrected chi connectivity index (χ1v) is 7.95. The van der Waals surface area contributed by atoms with Crippen LogP contribution in [0.25, 0.3) is 11.2 Å². The maximum Gasteiger partial charge on any atom is 0.469 e. The Morgan fingerprint density at radius 1 is 1.24 bits per heavy atom. The third-order valence-corrected chi connectivity index (χ3v) is 3.89. The fourth-order valence-electron chi connectivity index (χ4n) is 2.32. The molecular weight excluding hydrogens is 347 g/mol. The van der Waals surface area contributed by atoms with E-state index < -0.39 is 39.0 Å². The van der Waals surface area contributed by atoms with E-state index in [2.05, 4.69) is 19.5 Å². The van der Waals surface area contributed by atoms with E-state index in [1.165, 1.54) is 17.2 Å². The molecule has 0 aliphatic carbocycles. The van der Waals surface area contributed by atoms with Crippen molar-refractivity contribution >= 4 is 62.5 Å². The second-order valence-electron chi connectivity index (χ2n) is 4.92. The van der Waals surface area contributed by atoms with Gasteiger partial charge in [0.1, 0.15) is 30.2 Å². The van der Waals surface area contributed by atoms with Crippen molar-refractivity contribution in [2.75, 3.05) is 12.3 Å². The van der Waals surface area contributed by atoms with Crippen molar-refractivity contribution < 1.29 is 33.8 Å². The van der Waals surface area contributed by atoms with Crippen molar-refractivity contribution in [3.63, 3.8) is 0 Å². The predicted octanol–water partition coefficient (Wildman–Crippen LogP) is -2.62. The number of nitrogens with zero attached hydrogens (tertiary/aromatic N) is 4. The number of aliphatic hydroxyl groups excluding tert-OH is 2. The Labute approximate surface area is 165 Å². The number of phosphoric acid groups is 1. The van der Waals surface area contributed by atoms with Crippen LogP contribution in [0.3, 0.4) is 0 Å². The zero-order valence-corrected chi connectivity index (χ0v) is 14.4. The minimum Gasteiger partial charge on any atom is -0.387 e. The summed E-state index contributed by atoms with van der Waals surface area (Å²) < 4.78 is 21.8. The Morgan fingerprint density at radius 2 is 1.92 bits per heavy atom. The van der Waals surface area contributed by atoms with E-state index in [1.807, 2.05) is 0 Å². The molecule has 0 bridgehead atoms. The van der Waals surface area contributed by atoms with Gasteiger partial charge in [0.05, 0.1) is 12.9 Å². The quantitative estimate of drug-likeness (QED) is 0.283. The molecule has 4 atom stereocenters. The van der Waals surface area contributed by atoms with Gasteiger partial charge in [-0.25, -0.2) is 19.5 Å². The van der Waals surface area contributed by atoms with E-state index in [0.29, 0.717) is 5.52 Å². The number of anilines is 1. The van der Waals surface area contributed by atoms with Gasteiger partial charge in [0.2, 0.25) is 0 Å². The van der Waals surface area contributed by atoms with Crippen molar-refractivity contribution in [3.8, 4) is 0 Å². The molecule has 1 aliphatic rings. The summed E-state index contributed by atoms with van der Waals surface area (Å²) in [4.78, 5) is 29.2. The number of ether oxygens (including phenoxy) is 1. The molecule has 2 radical (unpaired) electrons. The molecule has 0 spiro atoms. The molecule has 0 aromatic carbocycles. The molecule has 3 heterocycles. The summed E-state index contributed by atoms with van der Waals surface area (Å²) in [6, 6.07) is 0. The number of nitrogen functional groups attached to an aromatic ring is 1. The maximum absolute atomic E-state index is 10.7. The first-order valence-electron chi connectivity index (χ1n) is 6.42. The number of rotatable bonds is 4. The number of hydrogen-bond acceptors (Lipinski definition) is 9. The summed E-state index contributed by atoms with van der Waals surface area (Å²) in [5.74, 6) is 0.142. The van der Waals surface area contributed by atoms with Crippen molar-refractivity contribution in [1.29, 1.82) is 0 Å². The third-order valence-electron chi connectivity index (χ3n) is 3.41. The Morgan fingerprint density at radius 3 is 2.56 bits per heavy atom. The summed E-state index contributed by atoms with van der Waals surface area (Å²) in [5.41, 5.74) is 6.25. The smallest absolute Gasteiger partial charge is 0.387 e. The third kappa shape index (κ3) is 4.63. The van der Waals surface area contributed by atoms with Crippen LogP contribution < -0.4 is 5.73 Å². The first kappa shape index (κ1) is 22.6. The van der Waals surface area contributed by atoms with Crippen LogP contribution in [0.5, 0.6) is 0 Å². The number of phosphoric ester groups is 1. The number of imidazole rings is 1. The molecule has 1 saturated heterocycles. The number of aromatic nitrogens is 4. The Kier molecular flexibility index (Phi) is 7.66. The number of aliphatic hydroxyl groups is 2. The molecule has 25 heavy (non-hydrogen) atoms. The fourth-order valence-corrected chi connectivity index (χ4v) is 2.66. The Hall–Kier alpha value is -0.465. The van der Waals surface area contributed by atoms with Gasteiger partial charge < -0.3 is 30.5 Å². The Balaban J connectivity index is 0.00000156. The van der Waals surface area contributed by atoms with Crippen LogP contribution in [0.2, 0.25) is 0 Å². The molecule has 1 aliphatic heterocycles. The van der Waals surface area contributed by atoms with Crippen LogP contribution in [0, 0.1) is 0 Å². The summed E-state index contributed by atoms with van der Waals surface area (Å²) in [6.07, 6.45) is -2.49. The predicted molar refractivity (Wildman–Crippen MR) is 85.2 cm³/mol. The van der Waals surface area contributed by atoms with Gasteiger partial charge in [-0.15, -0.1) is 0 Å². The van der Waals surface area contributed by atoms with E-state index in [9.17, 15) is 14.8 Å². The van der Waals surface area contributed by atoms with Gasteiger partial charge in [0.25, 0.3) is 0 Å². The van der Waals surface area contributed by atoms with Gasteiger partial charge in [-0.1, -0.05) is 0 Å². The topological polar surface area (TPSA) is 186 Å². The maximum atomic E-state index is 10.7. The second-order valence-corrected chi connectivity index (χ2v) is 6.15. The van der Waals surface area contributed by atoms with Crippen molar-refractivity contribution in [2.24, 2.45) is 0 Å². The molecule has 1 fully saturated rings. The summed E-state index contributed by atoms with van der Waals surface area (Å²) >= 11 is 0. The molecule has 2 aromatic heterocycles. The zero-order chi connectivity index (χ0) is 16.8. The van der Waals surface area contributed by atoms with Gasteiger partial charge in [0, 0.05) is 37.7 Å². The van der Waals surface area contributed by atoms with E-state index in [-0.39, 0.29) is 49.2 Å². The standard InChI is InChI=1S/C10H14N5O7P.2Li/c11-8-5-9(13-2-12-8)15(3-14-5)10-7(17)6(16)4(22-10)1-21-23(18,19)20;;/h2-4,6-7,10,16-17H,1H2,(H2,11,12,13)(H2,18,19,20);;/t4-,6-,7-,10-;;/m1../s1. The largest absolute Gasteiger partial charge is 0.469 e. The monoisotopic (exact) mass is 361 g/mol. The minimum absolute atomic E-state index is 0. The van der Waals surface area contributed by atoms with Crippen LogP contribution >= 0.6 is 7.82 Å². The molecule has 0 amide bonds. The van der Waals surface area contributed by atoms with Crippen LogP contribution in [0.1, 0.15) is 6.23 Å². The molecule has 2 aromatic rings. The molecule has 128 valence electrons. The van der Waals surface area contributed by atoms with Crippen molar-refractivity contribution in [3.05, 3.63) is 12.7 Å². The molecular formula is C10H14Li2N5O7P. The molecule has 3 rings (SSSR count). The Bertz CT molecular complexity index is 773. The molecule has 15 heteroatoms. The van der Waals surface area contributed by atoms with E-state index in [0.717, 1.165) is 0 Å². The van der Waals surface area contributed by atoms with Crippen LogP contribution in [-0.4, -0.2) is 102 Å².